The third kappa shape index (κ3) is 5.19. The van der Waals surface area contributed by atoms with Crippen molar-refractivity contribution in [3.8, 4) is 0 Å². The predicted octanol–water partition coefficient (Wildman–Crippen LogP) is 2.40. The van der Waals surface area contributed by atoms with Crippen molar-refractivity contribution in [1.29, 1.82) is 0 Å². The van der Waals surface area contributed by atoms with Crippen LogP contribution in [0.4, 0.5) is 10.1 Å². The van der Waals surface area contributed by atoms with Crippen molar-refractivity contribution in [2.75, 3.05) is 11.1 Å². The molecule has 1 unspecified atom stereocenters. The van der Waals surface area contributed by atoms with Gasteiger partial charge in [-0.05, 0) is 44.0 Å². The van der Waals surface area contributed by atoms with Crippen molar-refractivity contribution in [2.45, 2.75) is 43.4 Å². The number of aliphatic carboxylic acids is 1. The number of carboxylic acids is 1. The van der Waals surface area contributed by atoms with Gasteiger partial charge < -0.3 is 15.7 Å². The molecule has 0 aliphatic heterocycles. The number of rotatable bonds is 7. The summed E-state index contributed by atoms with van der Waals surface area (Å²) in [7, 11) is 0. The minimum absolute atomic E-state index is 0.0338. The average Bonchev–Trinajstić information content (AvgIpc) is 3.04. The normalized spacial score (nSPS) is 16.9. The molecule has 1 aromatic carbocycles. The lowest BCUT2D eigenvalue weighted by Crippen LogP contribution is -2.54. The number of carbonyl (C=O) groups is 3. The third-order valence-corrected chi connectivity index (χ3v) is 5.33. The van der Waals surface area contributed by atoms with Crippen LogP contribution in [0.15, 0.2) is 24.3 Å². The maximum absolute atomic E-state index is 12.8. The number of hydrogen-bond donors (Lipinski definition) is 3. The van der Waals surface area contributed by atoms with Gasteiger partial charge in [0.1, 0.15) is 11.4 Å². The van der Waals surface area contributed by atoms with Crippen LogP contribution in [0.1, 0.15) is 32.6 Å². The Morgan fingerprint density at radius 3 is 2.40 bits per heavy atom. The highest BCUT2D eigenvalue weighted by Gasteiger charge is 2.43. The molecule has 8 heteroatoms. The molecule has 1 aliphatic carbocycles. The fourth-order valence-corrected chi connectivity index (χ4v) is 3.40. The van der Waals surface area contributed by atoms with E-state index < -0.39 is 22.6 Å². The van der Waals surface area contributed by atoms with Crippen LogP contribution in [-0.2, 0) is 14.4 Å². The molecule has 136 valence electrons. The number of benzene rings is 1. The Balaban J connectivity index is 1.81. The highest BCUT2D eigenvalue weighted by molar-refractivity contribution is 8.01. The second kappa shape index (κ2) is 8.33. The maximum Gasteiger partial charge on any atom is 0.329 e. The lowest BCUT2D eigenvalue weighted by atomic mass is 9.97. The minimum Gasteiger partial charge on any atom is -0.480 e. The largest absolute Gasteiger partial charge is 0.480 e. The molecule has 1 aliphatic rings. The van der Waals surface area contributed by atoms with Crippen molar-refractivity contribution in [1.82, 2.24) is 5.32 Å². The van der Waals surface area contributed by atoms with Crippen LogP contribution in [-0.4, -0.2) is 39.4 Å². The van der Waals surface area contributed by atoms with Crippen molar-refractivity contribution >= 4 is 35.2 Å². The van der Waals surface area contributed by atoms with Crippen LogP contribution in [0, 0.1) is 5.82 Å². The Hall–Kier alpha value is -2.09. The number of anilines is 1. The minimum atomic E-state index is -1.18. The molecule has 0 aromatic heterocycles. The van der Waals surface area contributed by atoms with E-state index in [1.54, 1.807) is 6.92 Å². The molecule has 0 radical (unpaired) electrons. The first kappa shape index (κ1) is 19.2. The summed E-state index contributed by atoms with van der Waals surface area (Å²) in [6.07, 6.45) is 2.40. The molecule has 6 nitrogen and oxygen atoms in total. The molecule has 2 rings (SSSR count). The molecule has 1 atom stereocenters. The van der Waals surface area contributed by atoms with Crippen molar-refractivity contribution in [3.63, 3.8) is 0 Å². The molecule has 0 heterocycles. The summed E-state index contributed by atoms with van der Waals surface area (Å²) in [6, 6.07) is 5.38. The van der Waals surface area contributed by atoms with Gasteiger partial charge in [0.2, 0.25) is 11.8 Å². The zero-order chi connectivity index (χ0) is 18.4. The molecule has 0 spiro atoms. The first-order valence-corrected chi connectivity index (χ1v) is 9.10. The molecule has 2 amide bonds. The Morgan fingerprint density at radius 1 is 1.24 bits per heavy atom. The van der Waals surface area contributed by atoms with Crippen LogP contribution in [0.2, 0.25) is 0 Å². The summed E-state index contributed by atoms with van der Waals surface area (Å²) in [5.41, 5.74) is -0.706. The summed E-state index contributed by atoms with van der Waals surface area (Å²) in [4.78, 5) is 35.6. The van der Waals surface area contributed by atoms with Crippen LogP contribution >= 0.6 is 11.8 Å². The van der Waals surface area contributed by atoms with Crippen molar-refractivity contribution in [2.24, 2.45) is 0 Å². The quantitative estimate of drug-likeness (QED) is 0.687. The van der Waals surface area contributed by atoms with Gasteiger partial charge >= 0.3 is 5.97 Å². The lowest BCUT2D eigenvalue weighted by molar-refractivity contribution is -0.147. The highest BCUT2D eigenvalue weighted by atomic mass is 32.2. The molecule has 1 fully saturated rings. The maximum atomic E-state index is 12.8. The van der Waals surface area contributed by atoms with E-state index in [0.717, 1.165) is 24.6 Å². The number of hydrogen-bond acceptors (Lipinski definition) is 4. The van der Waals surface area contributed by atoms with E-state index in [9.17, 15) is 23.9 Å². The van der Waals surface area contributed by atoms with Gasteiger partial charge in [-0.15, -0.1) is 11.8 Å². The Labute approximate surface area is 149 Å². The number of halogens is 1. The topological polar surface area (TPSA) is 95.5 Å². The predicted molar refractivity (Wildman–Crippen MR) is 93.9 cm³/mol. The smallest absolute Gasteiger partial charge is 0.329 e. The molecular formula is C17H21FN2O4S. The van der Waals surface area contributed by atoms with E-state index in [1.807, 2.05) is 0 Å². The van der Waals surface area contributed by atoms with Gasteiger partial charge in [0.05, 0.1) is 11.0 Å². The third-order valence-electron chi connectivity index (χ3n) is 4.19. The van der Waals surface area contributed by atoms with Gasteiger partial charge in [-0.25, -0.2) is 9.18 Å². The zero-order valence-electron chi connectivity index (χ0n) is 13.9. The zero-order valence-corrected chi connectivity index (χ0v) is 14.7. The van der Waals surface area contributed by atoms with Gasteiger partial charge in [0.25, 0.3) is 0 Å². The number of carboxylic acid groups (broad SMARTS) is 1. The van der Waals surface area contributed by atoms with Gasteiger partial charge in [-0.1, -0.05) is 12.8 Å². The van der Waals surface area contributed by atoms with E-state index in [1.165, 1.54) is 24.3 Å². The van der Waals surface area contributed by atoms with Crippen LogP contribution < -0.4 is 10.6 Å². The lowest BCUT2D eigenvalue weighted by Gasteiger charge is -2.26. The fraction of sp³-hybridized carbons (Fsp3) is 0.471. The van der Waals surface area contributed by atoms with E-state index in [0.29, 0.717) is 18.5 Å². The van der Waals surface area contributed by atoms with E-state index >= 15 is 0 Å². The van der Waals surface area contributed by atoms with Crippen LogP contribution in [0.3, 0.4) is 0 Å². The second-order valence-electron chi connectivity index (χ2n) is 6.09. The molecular weight excluding hydrogens is 347 g/mol. The Bertz CT molecular complexity index is 645. The molecule has 3 N–H and O–H groups in total. The van der Waals surface area contributed by atoms with E-state index in [-0.39, 0.29) is 17.6 Å². The summed E-state index contributed by atoms with van der Waals surface area (Å²) in [5, 5.41) is 14.1. The number of amides is 2. The van der Waals surface area contributed by atoms with E-state index in [4.69, 9.17) is 0 Å². The second-order valence-corrected chi connectivity index (χ2v) is 7.42. The standard InChI is InChI=1S/C17H21FN2O4S/c1-11(15(22)20-17(16(23)24)8-2-3-9-17)25-10-14(21)19-13-6-4-12(18)5-7-13/h4-7,11H,2-3,8-10H2,1H3,(H,19,21)(H,20,22)(H,23,24). The molecule has 1 saturated carbocycles. The van der Waals surface area contributed by atoms with Gasteiger partial charge in [0, 0.05) is 5.69 Å². The van der Waals surface area contributed by atoms with Gasteiger partial charge in [0.15, 0.2) is 0 Å². The van der Waals surface area contributed by atoms with Crippen molar-refractivity contribution in [3.05, 3.63) is 30.1 Å². The first-order chi connectivity index (χ1) is 11.8. The summed E-state index contributed by atoms with van der Waals surface area (Å²) in [5.74, 6) is -2.07. The van der Waals surface area contributed by atoms with Crippen LogP contribution in [0.5, 0.6) is 0 Å². The molecule has 0 saturated heterocycles. The highest BCUT2D eigenvalue weighted by Crippen LogP contribution is 2.30. The number of carbonyl (C=O) groups excluding carboxylic acids is 2. The SMILES string of the molecule is CC(SCC(=O)Nc1ccc(F)cc1)C(=O)NC1(C(=O)O)CCCC1. The first-order valence-electron chi connectivity index (χ1n) is 8.05. The summed E-state index contributed by atoms with van der Waals surface area (Å²) in [6.45, 7) is 1.63. The monoisotopic (exact) mass is 368 g/mol. The Morgan fingerprint density at radius 2 is 1.84 bits per heavy atom. The number of thioether (sulfide) groups is 1. The summed E-state index contributed by atoms with van der Waals surface area (Å²) < 4.78 is 12.8. The molecule has 25 heavy (non-hydrogen) atoms. The fourth-order valence-electron chi connectivity index (χ4n) is 2.72. The van der Waals surface area contributed by atoms with Crippen LogP contribution in [0.25, 0.3) is 0 Å². The van der Waals surface area contributed by atoms with Gasteiger partial charge in [-0.2, -0.15) is 0 Å². The Kier molecular flexibility index (Phi) is 6.41. The average molecular weight is 368 g/mol. The molecule has 0 bridgehead atoms. The van der Waals surface area contributed by atoms with Gasteiger partial charge in [-0.3, -0.25) is 9.59 Å². The molecule has 1 aromatic rings. The summed E-state index contributed by atoms with van der Waals surface area (Å²) >= 11 is 1.12. The van der Waals surface area contributed by atoms with E-state index in [2.05, 4.69) is 10.6 Å². The van der Waals surface area contributed by atoms with Crippen molar-refractivity contribution < 1.29 is 23.9 Å². The number of nitrogens with one attached hydrogen (secondary N) is 2.